The largest absolute Gasteiger partial charge is 0.492 e. The molecule has 0 spiro atoms. The van der Waals surface area contributed by atoms with E-state index in [9.17, 15) is 0 Å². The van der Waals surface area contributed by atoms with Gasteiger partial charge in [-0.2, -0.15) is 0 Å². The van der Waals surface area contributed by atoms with Crippen molar-refractivity contribution in [3.63, 3.8) is 0 Å². The molecule has 0 radical (unpaired) electrons. The number of benzene rings is 3. The smallest absolute Gasteiger partial charge is 0.119 e. The van der Waals surface area contributed by atoms with Gasteiger partial charge in [-0.25, -0.2) is 0 Å². The van der Waals surface area contributed by atoms with Gasteiger partial charge < -0.3 is 9.64 Å². The molecule has 2 nitrogen and oxygen atoms in total. The van der Waals surface area contributed by atoms with Crippen LogP contribution in [0.25, 0.3) is 5.57 Å². The Labute approximate surface area is 189 Å². The molecule has 4 heteroatoms. The second-order valence-corrected chi connectivity index (χ2v) is 8.51. The van der Waals surface area contributed by atoms with Crippen molar-refractivity contribution in [2.45, 2.75) is 13.3 Å². The molecule has 0 aromatic heterocycles. The van der Waals surface area contributed by atoms with E-state index >= 15 is 0 Å². The summed E-state index contributed by atoms with van der Waals surface area (Å²) in [5, 5.41) is 1.49. The fourth-order valence-electron chi connectivity index (χ4n) is 3.34. The Bertz CT molecular complexity index is 975. The van der Waals surface area contributed by atoms with Crippen LogP contribution in [-0.4, -0.2) is 32.1 Å². The SMILES string of the molecule is C/C(Cc1ccc(Cl)cc1)=C(/c1ccc(Cl)cc1)c1ccc(OCCN(C)C)cc1. The van der Waals surface area contributed by atoms with Crippen LogP contribution in [0.5, 0.6) is 5.75 Å². The van der Waals surface area contributed by atoms with Crippen molar-refractivity contribution in [3.8, 4) is 5.75 Å². The molecule has 3 rings (SSSR count). The number of ether oxygens (including phenoxy) is 1. The number of halogens is 2. The summed E-state index contributed by atoms with van der Waals surface area (Å²) in [6, 6.07) is 24.4. The minimum Gasteiger partial charge on any atom is -0.492 e. The maximum Gasteiger partial charge on any atom is 0.119 e. The minimum absolute atomic E-state index is 0.668. The van der Waals surface area contributed by atoms with Gasteiger partial charge in [0.25, 0.3) is 0 Å². The lowest BCUT2D eigenvalue weighted by atomic mass is 9.91. The first-order valence-electron chi connectivity index (χ1n) is 10.0. The van der Waals surface area contributed by atoms with Crippen LogP contribution < -0.4 is 4.74 Å². The average molecular weight is 440 g/mol. The number of hydrogen-bond acceptors (Lipinski definition) is 2. The standard InChI is InChI=1S/C26H27Cl2NO/c1-19(18-20-4-10-23(27)11-5-20)26(21-6-12-24(28)13-7-21)22-8-14-25(15-9-22)30-17-16-29(2)3/h4-15H,16-18H2,1-3H3/b26-19+. The van der Waals surface area contributed by atoms with Crippen LogP contribution in [0.1, 0.15) is 23.6 Å². The van der Waals surface area contributed by atoms with Crippen molar-refractivity contribution in [3.05, 3.63) is 105 Å². The van der Waals surface area contributed by atoms with Crippen molar-refractivity contribution >= 4 is 28.8 Å². The van der Waals surface area contributed by atoms with Crippen LogP contribution in [0.2, 0.25) is 10.0 Å². The zero-order valence-electron chi connectivity index (χ0n) is 17.7. The molecule has 0 bridgehead atoms. The molecule has 0 aliphatic heterocycles. The third-order valence-electron chi connectivity index (χ3n) is 4.89. The highest BCUT2D eigenvalue weighted by atomic mass is 35.5. The summed E-state index contributed by atoms with van der Waals surface area (Å²) in [5.74, 6) is 0.881. The van der Waals surface area contributed by atoms with Crippen LogP contribution in [0.4, 0.5) is 0 Å². The first kappa shape index (κ1) is 22.4. The topological polar surface area (TPSA) is 12.5 Å². The average Bonchev–Trinajstić information content (AvgIpc) is 2.72. The highest BCUT2D eigenvalue weighted by Crippen LogP contribution is 2.31. The van der Waals surface area contributed by atoms with E-state index in [-0.39, 0.29) is 0 Å². The van der Waals surface area contributed by atoms with Gasteiger partial charge >= 0.3 is 0 Å². The van der Waals surface area contributed by atoms with Gasteiger partial charge in [-0.3, -0.25) is 0 Å². The third-order valence-corrected chi connectivity index (χ3v) is 5.40. The molecule has 3 aromatic rings. The van der Waals surface area contributed by atoms with E-state index in [2.05, 4.69) is 48.2 Å². The predicted octanol–water partition coefficient (Wildman–Crippen LogP) is 7.00. The Kier molecular flexibility index (Phi) is 7.98. The lowest BCUT2D eigenvalue weighted by molar-refractivity contribution is 0.261. The van der Waals surface area contributed by atoms with E-state index in [1.807, 2.05) is 50.5 Å². The van der Waals surface area contributed by atoms with Gasteiger partial charge in [-0.05, 0) is 86.1 Å². The number of nitrogens with zero attached hydrogens (tertiary/aromatic N) is 1. The van der Waals surface area contributed by atoms with Crippen LogP contribution in [0, 0.1) is 0 Å². The number of rotatable bonds is 8. The van der Waals surface area contributed by atoms with Crippen molar-refractivity contribution in [1.82, 2.24) is 4.90 Å². The molecule has 156 valence electrons. The summed E-state index contributed by atoms with van der Waals surface area (Å²) in [4.78, 5) is 2.11. The summed E-state index contributed by atoms with van der Waals surface area (Å²) < 4.78 is 5.85. The van der Waals surface area contributed by atoms with Crippen molar-refractivity contribution in [2.24, 2.45) is 0 Å². The molecule has 0 amide bonds. The van der Waals surface area contributed by atoms with E-state index in [4.69, 9.17) is 27.9 Å². The molecule has 0 fully saturated rings. The summed E-state index contributed by atoms with van der Waals surface area (Å²) in [7, 11) is 4.08. The molecule has 0 saturated carbocycles. The Balaban J connectivity index is 1.91. The second kappa shape index (κ2) is 10.7. The molecular formula is C26H27Cl2NO. The van der Waals surface area contributed by atoms with E-state index in [0.29, 0.717) is 6.61 Å². The summed E-state index contributed by atoms with van der Waals surface area (Å²) in [6.07, 6.45) is 0.843. The lowest BCUT2D eigenvalue weighted by Crippen LogP contribution is -2.19. The molecule has 30 heavy (non-hydrogen) atoms. The molecule has 0 heterocycles. The normalized spacial score (nSPS) is 12.1. The third kappa shape index (κ3) is 6.37. The lowest BCUT2D eigenvalue weighted by Gasteiger charge is -2.16. The zero-order chi connectivity index (χ0) is 21.5. The van der Waals surface area contributed by atoms with Gasteiger partial charge in [0, 0.05) is 16.6 Å². The molecule has 0 unspecified atom stereocenters. The maximum absolute atomic E-state index is 6.13. The Hall–Kier alpha value is -2.26. The van der Waals surface area contributed by atoms with E-state index in [0.717, 1.165) is 39.9 Å². The van der Waals surface area contributed by atoms with Gasteiger partial charge in [0.15, 0.2) is 0 Å². The van der Waals surface area contributed by atoms with Crippen LogP contribution >= 0.6 is 23.2 Å². The number of allylic oxidation sites excluding steroid dienone is 1. The monoisotopic (exact) mass is 439 g/mol. The molecule has 0 saturated heterocycles. The quantitative estimate of drug-likeness (QED) is 0.374. The van der Waals surface area contributed by atoms with Crippen molar-refractivity contribution in [2.75, 3.05) is 27.2 Å². The van der Waals surface area contributed by atoms with Crippen LogP contribution in [0.15, 0.2) is 78.4 Å². The Morgan fingerprint density at radius 3 is 1.80 bits per heavy atom. The highest BCUT2D eigenvalue weighted by molar-refractivity contribution is 6.30. The van der Waals surface area contributed by atoms with Crippen LogP contribution in [-0.2, 0) is 6.42 Å². The summed E-state index contributed by atoms with van der Waals surface area (Å²) >= 11 is 12.2. The molecule has 0 aliphatic carbocycles. The van der Waals surface area contributed by atoms with Gasteiger partial charge in [0.05, 0.1) is 0 Å². The van der Waals surface area contributed by atoms with Gasteiger partial charge in [0.1, 0.15) is 12.4 Å². The first-order valence-corrected chi connectivity index (χ1v) is 10.8. The highest BCUT2D eigenvalue weighted by Gasteiger charge is 2.11. The molecule has 0 atom stereocenters. The first-order chi connectivity index (χ1) is 14.4. The summed E-state index contributed by atoms with van der Waals surface area (Å²) in [6.45, 7) is 3.74. The van der Waals surface area contributed by atoms with Gasteiger partial charge in [0.2, 0.25) is 0 Å². The maximum atomic E-state index is 6.13. The summed E-state index contributed by atoms with van der Waals surface area (Å²) in [5.41, 5.74) is 6.02. The second-order valence-electron chi connectivity index (χ2n) is 7.64. The molecule has 0 N–H and O–H groups in total. The fraction of sp³-hybridized carbons (Fsp3) is 0.231. The number of likely N-dealkylation sites (N-methyl/N-ethyl adjacent to an activating group) is 1. The fourth-order valence-corrected chi connectivity index (χ4v) is 3.59. The van der Waals surface area contributed by atoms with Gasteiger partial charge in [-0.15, -0.1) is 0 Å². The van der Waals surface area contributed by atoms with Crippen LogP contribution in [0.3, 0.4) is 0 Å². The molecular weight excluding hydrogens is 413 g/mol. The van der Waals surface area contributed by atoms with Crippen molar-refractivity contribution < 1.29 is 4.74 Å². The van der Waals surface area contributed by atoms with E-state index < -0.39 is 0 Å². The Morgan fingerprint density at radius 1 is 0.767 bits per heavy atom. The van der Waals surface area contributed by atoms with Crippen molar-refractivity contribution in [1.29, 1.82) is 0 Å². The Morgan fingerprint density at radius 2 is 1.27 bits per heavy atom. The van der Waals surface area contributed by atoms with E-state index in [1.54, 1.807) is 0 Å². The minimum atomic E-state index is 0.668. The van der Waals surface area contributed by atoms with E-state index in [1.165, 1.54) is 16.7 Å². The zero-order valence-corrected chi connectivity index (χ0v) is 19.2. The van der Waals surface area contributed by atoms with Gasteiger partial charge in [-0.1, -0.05) is 65.2 Å². The molecule has 3 aromatic carbocycles. The molecule has 0 aliphatic rings. The number of hydrogen-bond donors (Lipinski definition) is 0. The predicted molar refractivity (Wildman–Crippen MR) is 129 cm³/mol.